The van der Waals surface area contributed by atoms with Crippen LogP contribution < -0.4 is 5.32 Å². The van der Waals surface area contributed by atoms with Gasteiger partial charge in [-0.1, -0.05) is 78.9 Å². The number of nitrogens with one attached hydrogen (secondary N) is 1. The molecular weight excluding hydrogens is 438 g/mol. The van der Waals surface area contributed by atoms with E-state index in [0.29, 0.717) is 0 Å². The first-order valence-corrected chi connectivity index (χ1v) is 12.5. The van der Waals surface area contributed by atoms with Crippen molar-refractivity contribution in [3.05, 3.63) is 107 Å². The molecule has 3 aromatic carbocycles. The van der Waals surface area contributed by atoms with Gasteiger partial charge in [0.1, 0.15) is 17.5 Å². The quantitative estimate of drug-likeness (QED) is 0.417. The van der Waals surface area contributed by atoms with E-state index in [-0.39, 0.29) is 16.0 Å². The van der Waals surface area contributed by atoms with Crippen molar-refractivity contribution >= 4 is 17.7 Å². The van der Waals surface area contributed by atoms with Crippen LogP contribution in [0, 0.1) is 25.2 Å². The lowest BCUT2D eigenvalue weighted by atomic mass is 9.73. The number of carbonyl (C=O) groups excluding carboxylic acids is 1. The largest absolute Gasteiger partial charge is 0.310 e. The van der Waals surface area contributed by atoms with Gasteiger partial charge in [-0.25, -0.2) is 0 Å². The maximum absolute atomic E-state index is 13.5. The summed E-state index contributed by atoms with van der Waals surface area (Å²) in [4.78, 5) is 15.3. The summed E-state index contributed by atoms with van der Waals surface area (Å²) in [6.45, 7) is 8.37. The third-order valence-electron chi connectivity index (χ3n) is 7.24. The summed E-state index contributed by atoms with van der Waals surface area (Å²) < 4.78 is -0.313. The molecule has 172 valence electrons. The molecule has 1 N–H and O–H groups in total. The minimum absolute atomic E-state index is 0.00269. The molecular formula is C29H29N3OS. The van der Waals surface area contributed by atoms with E-state index in [2.05, 4.69) is 112 Å². The monoisotopic (exact) mass is 467 g/mol. The molecule has 0 aromatic heterocycles. The number of thioether (sulfide) groups is 1. The number of hydrogen-bond acceptors (Lipinski definition) is 4. The summed E-state index contributed by atoms with van der Waals surface area (Å²) in [5.41, 5.74) is 4.92. The number of nitrogens with zero attached hydrogens (tertiary/aromatic N) is 2. The number of fused-ring (bicyclic) bond motifs is 1. The lowest BCUT2D eigenvalue weighted by Gasteiger charge is -2.49. The Morgan fingerprint density at radius 3 is 1.97 bits per heavy atom. The molecule has 0 radical (unpaired) electrons. The second-order valence-electron chi connectivity index (χ2n) is 9.76. The molecule has 2 aliphatic heterocycles. The van der Waals surface area contributed by atoms with Gasteiger partial charge in [-0.15, -0.1) is 11.8 Å². The number of nitriles is 1. The van der Waals surface area contributed by atoms with Crippen LogP contribution in [0.3, 0.4) is 0 Å². The van der Waals surface area contributed by atoms with E-state index in [1.807, 2.05) is 6.07 Å². The normalized spacial score (nSPS) is 23.2. The summed E-state index contributed by atoms with van der Waals surface area (Å²) in [6, 6.07) is 28.7. The SMILES string of the molecule is Cc1ccccc1C(NC1C(=O)N2C(C#N)C(C)(C)S[C@H]12)(c1ccccc1)c1ccccc1C. The van der Waals surface area contributed by atoms with Crippen molar-refractivity contribution in [3.63, 3.8) is 0 Å². The molecule has 34 heavy (non-hydrogen) atoms. The van der Waals surface area contributed by atoms with Crippen molar-refractivity contribution in [2.45, 2.75) is 55.4 Å². The highest BCUT2D eigenvalue weighted by molar-refractivity contribution is 8.01. The van der Waals surface area contributed by atoms with Crippen molar-refractivity contribution in [2.24, 2.45) is 0 Å². The first kappa shape index (κ1) is 22.7. The predicted octanol–water partition coefficient (Wildman–Crippen LogP) is 5.14. The third-order valence-corrected chi connectivity index (χ3v) is 8.81. The van der Waals surface area contributed by atoms with E-state index in [1.165, 1.54) is 0 Å². The molecule has 3 atom stereocenters. The Kier molecular flexibility index (Phi) is 5.55. The van der Waals surface area contributed by atoms with Crippen LogP contribution in [0.5, 0.6) is 0 Å². The Morgan fingerprint density at radius 1 is 0.912 bits per heavy atom. The van der Waals surface area contributed by atoms with Crippen LogP contribution in [-0.4, -0.2) is 33.0 Å². The van der Waals surface area contributed by atoms with Crippen molar-refractivity contribution in [1.82, 2.24) is 10.2 Å². The average Bonchev–Trinajstić information content (AvgIpc) is 3.08. The number of benzene rings is 3. The third kappa shape index (κ3) is 3.28. The topological polar surface area (TPSA) is 56.1 Å². The van der Waals surface area contributed by atoms with E-state index < -0.39 is 17.6 Å². The molecule has 2 aliphatic rings. The Balaban J connectivity index is 1.72. The highest BCUT2D eigenvalue weighted by Gasteiger charge is 2.63. The molecule has 2 fully saturated rings. The predicted molar refractivity (Wildman–Crippen MR) is 137 cm³/mol. The lowest BCUT2D eigenvalue weighted by Crippen LogP contribution is -2.71. The first-order valence-electron chi connectivity index (χ1n) is 11.7. The van der Waals surface area contributed by atoms with E-state index >= 15 is 0 Å². The molecule has 0 bridgehead atoms. The van der Waals surface area contributed by atoms with Crippen LogP contribution >= 0.6 is 11.8 Å². The van der Waals surface area contributed by atoms with E-state index in [0.717, 1.165) is 27.8 Å². The molecule has 1 amide bonds. The number of rotatable bonds is 5. The van der Waals surface area contributed by atoms with Crippen LogP contribution in [0.4, 0.5) is 0 Å². The summed E-state index contributed by atoms with van der Waals surface area (Å²) in [5.74, 6) is -0.00269. The molecule has 0 aliphatic carbocycles. The molecule has 4 nitrogen and oxygen atoms in total. The maximum Gasteiger partial charge on any atom is 0.244 e. The van der Waals surface area contributed by atoms with Crippen molar-refractivity contribution in [3.8, 4) is 6.07 Å². The molecule has 2 saturated heterocycles. The molecule has 3 aromatic rings. The second kappa shape index (κ2) is 8.30. The van der Waals surface area contributed by atoms with E-state index in [1.54, 1.807) is 16.7 Å². The fourth-order valence-electron chi connectivity index (χ4n) is 5.55. The van der Waals surface area contributed by atoms with E-state index in [4.69, 9.17) is 0 Å². The molecule has 2 unspecified atom stereocenters. The summed E-state index contributed by atoms with van der Waals surface area (Å²) in [5, 5.41) is 13.6. The minimum atomic E-state index is -0.722. The van der Waals surface area contributed by atoms with Gasteiger partial charge >= 0.3 is 0 Å². The minimum Gasteiger partial charge on any atom is -0.310 e. The maximum atomic E-state index is 13.5. The van der Waals surface area contributed by atoms with Gasteiger partial charge in [0.25, 0.3) is 0 Å². The number of β-lactam (4-membered cyclic amide) rings is 1. The average molecular weight is 468 g/mol. The number of amides is 1. The molecule has 5 heteroatoms. The summed E-state index contributed by atoms with van der Waals surface area (Å²) in [6.07, 6.45) is 0. The Labute approximate surface area is 206 Å². The number of aryl methyl sites for hydroxylation is 2. The van der Waals surface area contributed by atoms with Gasteiger partial charge in [0.05, 0.1) is 11.6 Å². The van der Waals surface area contributed by atoms with Crippen molar-refractivity contribution < 1.29 is 4.79 Å². The van der Waals surface area contributed by atoms with Crippen LogP contribution in [0.15, 0.2) is 78.9 Å². The van der Waals surface area contributed by atoms with Crippen LogP contribution in [0.2, 0.25) is 0 Å². The van der Waals surface area contributed by atoms with Gasteiger partial charge in [0.2, 0.25) is 5.91 Å². The molecule has 5 rings (SSSR count). The molecule has 0 saturated carbocycles. The van der Waals surface area contributed by atoms with Crippen molar-refractivity contribution in [2.75, 3.05) is 0 Å². The zero-order valence-corrected chi connectivity index (χ0v) is 20.8. The van der Waals surface area contributed by atoms with Crippen LogP contribution in [-0.2, 0) is 10.3 Å². The van der Waals surface area contributed by atoms with Crippen LogP contribution in [0.25, 0.3) is 0 Å². The smallest absolute Gasteiger partial charge is 0.244 e. The Hall–Kier alpha value is -3.07. The van der Waals surface area contributed by atoms with Crippen LogP contribution in [0.1, 0.15) is 41.7 Å². The molecule has 0 spiro atoms. The highest BCUT2D eigenvalue weighted by Crippen LogP contribution is 2.52. The molecule has 2 heterocycles. The fourth-order valence-corrected chi connectivity index (χ4v) is 7.13. The van der Waals surface area contributed by atoms with Crippen molar-refractivity contribution in [1.29, 1.82) is 5.26 Å². The van der Waals surface area contributed by atoms with Gasteiger partial charge in [-0.3, -0.25) is 10.1 Å². The van der Waals surface area contributed by atoms with Gasteiger partial charge in [0.15, 0.2) is 0 Å². The Bertz CT molecular complexity index is 1230. The zero-order valence-electron chi connectivity index (χ0n) is 19.9. The van der Waals surface area contributed by atoms with Gasteiger partial charge < -0.3 is 4.90 Å². The van der Waals surface area contributed by atoms with Gasteiger partial charge in [0, 0.05) is 4.75 Å². The summed E-state index contributed by atoms with van der Waals surface area (Å²) >= 11 is 1.72. The second-order valence-corrected chi connectivity index (χ2v) is 11.5. The standard InChI is InChI=1S/C29H29N3OS/c1-19-12-8-10-16-22(19)29(21-14-6-5-7-15-21,23-17-11-9-13-20(23)2)31-25-26(33)32-24(18-30)28(3,4)34-27(25)32/h5-17,24-25,27,31H,1-4H3/t24?,25?,27-/m1/s1. The van der Waals surface area contributed by atoms with Gasteiger partial charge in [-0.05, 0) is 55.5 Å². The first-order chi connectivity index (χ1) is 16.3. The van der Waals surface area contributed by atoms with Gasteiger partial charge in [-0.2, -0.15) is 5.26 Å². The Morgan fingerprint density at radius 2 is 1.44 bits per heavy atom. The fraction of sp³-hybridized carbons (Fsp3) is 0.310. The van der Waals surface area contributed by atoms with E-state index in [9.17, 15) is 10.1 Å². The summed E-state index contributed by atoms with van der Waals surface area (Å²) in [7, 11) is 0. The number of hydrogen-bond donors (Lipinski definition) is 1. The highest BCUT2D eigenvalue weighted by atomic mass is 32.2. The zero-order chi connectivity index (χ0) is 24.1. The number of carbonyl (C=O) groups is 1. The lowest BCUT2D eigenvalue weighted by molar-refractivity contribution is -0.148.